The number of benzene rings is 1. The van der Waals surface area contributed by atoms with Crippen molar-refractivity contribution in [2.45, 2.75) is 20.3 Å². The third kappa shape index (κ3) is 2.76. The van der Waals surface area contributed by atoms with E-state index >= 15 is 0 Å². The number of aryl methyl sites for hydroxylation is 2. The van der Waals surface area contributed by atoms with Crippen LogP contribution in [0.25, 0.3) is 0 Å². The first-order valence-corrected chi connectivity index (χ1v) is 5.93. The molecule has 0 amide bonds. The number of H-pyrrole nitrogens is 1. The van der Waals surface area contributed by atoms with Gasteiger partial charge in [0.15, 0.2) is 5.69 Å². The molecule has 2 aromatic rings. The number of aromatic nitrogens is 2. The van der Waals surface area contributed by atoms with E-state index in [-0.39, 0.29) is 5.69 Å². The van der Waals surface area contributed by atoms with Crippen molar-refractivity contribution in [1.29, 1.82) is 0 Å². The Hall–Kier alpha value is -2.30. The second-order valence-electron chi connectivity index (χ2n) is 4.44. The minimum absolute atomic E-state index is 0.0835. The fourth-order valence-electron chi connectivity index (χ4n) is 2.06. The van der Waals surface area contributed by atoms with Gasteiger partial charge in [-0.1, -0.05) is 12.1 Å². The van der Waals surface area contributed by atoms with Gasteiger partial charge in [0.25, 0.3) is 0 Å². The molecule has 5 nitrogen and oxygen atoms in total. The number of imidazole rings is 1. The van der Waals surface area contributed by atoms with E-state index in [1.165, 1.54) is 0 Å². The van der Waals surface area contributed by atoms with Crippen LogP contribution in [0, 0.1) is 13.8 Å². The Balaban J connectivity index is 2.24. The maximum Gasteiger partial charge on any atom is 0.356 e. The van der Waals surface area contributed by atoms with Crippen LogP contribution in [-0.4, -0.2) is 28.2 Å². The Kier molecular flexibility index (Phi) is 3.55. The molecule has 0 saturated carbocycles. The highest BCUT2D eigenvalue weighted by molar-refractivity contribution is 5.86. The molecule has 100 valence electrons. The zero-order valence-corrected chi connectivity index (χ0v) is 11.2. The first-order valence-electron chi connectivity index (χ1n) is 5.93. The molecule has 1 aromatic carbocycles. The monoisotopic (exact) mass is 260 g/mol. The molecule has 19 heavy (non-hydrogen) atoms. The third-order valence-electron chi connectivity index (χ3n) is 2.97. The van der Waals surface area contributed by atoms with Gasteiger partial charge < -0.3 is 14.8 Å². The molecule has 1 aromatic heterocycles. The van der Waals surface area contributed by atoms with Gasteiger partial charge >= 0.3 is 5.97 Å². The lowest BCUT2D eigenvalue weighted by molar-refractivity contribution is 0.0690. The molecule has 0 atom stereocenters. The van der Waals surface area contributed by atoms with E-state index in [1.807, 2.05) is 25.1 Å². The molecule has 0 aliphatic carbocycles. The van der Waals surface area contributed by atoms with Crippen molar-refractivity contribution < 1.29 is 14.6 Å². The molecule has 0 bridgehead atoms. The van der Waals surface area contributed by atoms with Crippen molar-refractivity contribution in [3.8, 4) is 5.75 Å². The lowest BCUT2D eigenvalue weighted by atomic mass is 10.1. The number of carbonyl (C=O) groups is 1. The van der Waals surface area contributed by atoms with Gasteiger partial charge in [0, 0.05) is 12.1 Å². The van der Waals surface area contributed by atoms with Crippen molar-refractivity contribution in [2.24, 2.45) is 0 Å². The van der Waals surface area contributed by atoms with Gasteiger partial charge in [-0.15, -0.1) is 0 Å². The molecule has 0 saturated heterocycles. The zero-order valence-electron chi connectivity index (χ0n) is 11.2. The summed E-state index contributed by atoms with van der Waals surface area (Å²) < 4.78 is 5.20. The minimum Gasteiger partial charge on any atom is -0.496 e. The summed E-state index contributed by atoms with van der Waals surface area (Å²) in [6, 6.07) is 5.86. The number of carboxylic acids is 1. The first kappa shape index (κ1) is 13.1. The first-order chi connectivity index (χ1) is 9.01. The van der Waals surface area contributed by atoms with Gasteiger partial charge in [0.2, 0.25) is 0 Å². The van der Waals surface area contributed by atoms with Gasteiger partial charge in [-0.25, -0.2) is 9.78 Å². The largest absolute Gasteiger partial charge is 0.496 e. The summed E-state index contributed by atoms with van der Waals surface area (Å²) in [5.74, 6) is 0.482. The molecule has 0 spiro atoms. The molecule has 5 heteroatoms. The summed E-state index contributed by atoms with van der Waals surface area (Å²) in [6.07, 6.45) is 0.568. The van der Waals surface area contributed by atoms with Crippen LogP contribution < -0.4 is 4.74 Å². The highest BCUT2D eigenvalue weighted by Gasteiger charge is 2.13. The number of ether oxygens (including phenoxy) is 1. The topological polar surface area (TPSA) is 75.2 Å². The smallest absolute Gasteiger partial charge is 0.356 e. The number of aromatic carboxylic acids is 1. The highest BCUT2D eigenvalue weighted by Crippen LogP contribution is 2.20. The van der Waals surface area contributed by atoms with Crippen LogP contribution in [0.3, 0.4) is 0 Å². The number of methoxy groups -OCH3 is 1. The second-order valence-corrected chi connectivity index (χ2v) is 4.44. The van der Waals surface area contributed by atoms with E-state index in [2.05, 4.69) is 9.97 Å². The molecule has 1 heterocycles. The Morgan fingerprint density at radius 1 is 1.42 bits per heavy atom. The van der Waals surface area contributed by atoms with E-state index in [9.17, 15) is 4.79 Å². The van der Waals surface area contributed by atoms with Gasteiger partial charge in [-0.3, -0.25) is 0 Å². The average Bonchev–Trinajstić information content (AvgIpc) is 2.70. The van der Waals surface area contributed by atoms with Crippen LogP contribution >= 0.6 is 0 Å². The van der Waals surface area contributed by atoms with Crippen molar-refractivity contribution >= 4 is 5.97 Å². The predicted octanol–water partition coefficient (Wildman–Crippen LogP) is 2.32. The molecular weight excluding hydrogens is 244 g/mol. The maximum atomic E-state index is 10.9. The Bertz CT molecular complexity index is 617. The lowest BCUT2D eigenvalue weighted by Gasteiger charge is -2.06. The van der Waals surface area contributed by atoms with Crippen molar-refractivity contribution in [1.82, 2.24) is 9.97 Å². The van der Waals surface area contributed by atoms with Crippen LogP contribution in [0.5, 0.6) is 5.75 Å². The van der Waals surface area contributed by atoms with Crippen molar-refractivity contribution in [2.75, 3.05) is 7.11 Å². The normalized spacial score (nSPS) is 10.5. The third-order valence-corrected chi connectivity index (χ3v) is 2.97. The number of hydrogen-bond acceptors (Lipinski definition) is 3. The quantitative estimate of drug-likeness (QED) is 0.884. The summed E-state index contributed by atoms with van der Waals surface area (Å²) in [6.45, 7) is 3.68. The number of nitrogens with one attached hydrogen (secondary N) is 1. The van der Waals surface area contributed by atoms with Gasteiger partial charge in [0.1, 0.15) is 11.6 Å². The Labute approximate surface area is 111 Å². The Morgan fingerprint density at radius 2 is 2.16 bits per heavy atom. The van der Waals surface area contributed by atoms with Gasteiger partial charge in [0.05, 0.1) is 7.11 Å². The SMILES string of the molecule is COc1ccc(Cc2nc(C(=O)O)c(C)[nH]2)cc1C. The van der Waals surface area contributed by atoms with Gasteiger partial charge in [-0.05, 0) is 31.0 Å². The van der Waals surface area contributed by atoms with Gasteiger partial charge in [-0.2, -0.15) is 0 Å². The summed E-state index contributed by atoms with van der Waals surface area (Å²) in [7, 11) is 1.64. The maximum absolute atomic E-state index is 10.9. The van der Waals surface area contributed by atoms with E-state index in [0.717, 1.165) is 16.9 Å². The molecule has 0 radical (unpaired) electrons. The van der Waals surface area contributed by atoms with Crippen LogP contribution in [-0.2, 0) is 6.42 Å². The minimum atomic E-state index is -1.01. The lowest BCUT2D eigenvalue weighted by Crippen LogP contribution is -1.99. The van der Waals surface area contributed by atoms with Crippen molar-refractivity contribution in [3.63, 3.8) is 0 Å². The van der Waals surface area contributed by atoms with Crippen LogP contribution in [0.15, 0.2) is 18.2 Å². The summed E-state index contributed by atoms with van der Waals surface area (Å²) >= 11 is 0. The average molecular weight is 260 g/mol. The fraction of sp³-hybridized carbons (Fsp3) is 0.286. The standard InChI is InChI=1S/C14H16N2O3/c1-8-6-10(4-5-11(8)19-3)7-12-15-9(2)13(16-12)14(17)18/h4-6H,7H2,1-3H3,(H,15,16)(H,17,18). The van der Waals surface area contributed by atoms with E-state index in [4.69, 9.17) is 9.84 Å². The predicted molar refractivity (Wildman–Crippen MR) is 70.8 cm³/mol. The molecule has 0 aliphatic heterocycles. The molecule has 2 rings (SSSR count). The summed E-state index contributed by atoms with van der Waals surface area (Å²) in [5, 5.41) is 8.96. The Morgan fingerprint density at radius 3 is 2.68 bits per heavy atom. The van der Waals surface area contributed by atoms with E-state index in [0.29, 0.717) is 17.9 Å². The van der Waals surface area contributed by atoms with Crippen LogP contribution in [0.2, 0.25) is 0 Å². The fourth-order valence-corrected chi connectivity index (χ4v) is 2.06. The molecular formula is C14H16N2O3. The number of hydrogen-bond donors (Lipinski definition) is 2. The van der Waals surface area contributed by atoms with Crippen LogP contribution in [0.4, 0.5) is 0 Å². The van der Waals surface area contributed by atoms with Crippen LogP contribution in [0.1, 0.15) is 33.1 Å². The molecule has 0 aliphatic rings. The van der Waals surface area contributed by atoms with Crippen molar-refractivity contribution in [3.05, 3.63) is 46.5 Å². The number of rotatable bonds is 4. The van der Waals surface area contributed by atoms with E-state index in [1.54, 1.807) is 14.0 Å². The number of nitrogens with zero attached hydrogens (tertiary/aromatic N) is 1. The number of carboxylic acid groups (broad SMARTS) is 1. The molecule has 0 fully saturated rings. The summed E-state index contributed by atoms with van der Waals surface area (Å²) in [4.78, 5) is 18.0. The highest BCUT2D eigenvalue weighted by atomic mass is 16.5. The van der Waals surface area contributed by atoms with E-state index < -0.39 is 5.97 Å². The zero-order chi connectivity index (χ0) is 14.0. The molecule has 0 unspecified atom stereocenters. The molecule has 2 N–H and O–H groups in total. The second kappa shape index (κ2) is 5.14. The summed E-state index contributed by atoms with van der Waals surface area (Å²) in [5.41, 5.74) is 2.76. The number of aromatic amines is 1.